The summed E-state index contributed by atoms with van der Waals surface area (Å²) in [5.74, 6) is 0. The lowest BCUT2D eigenvalue weighted by atomic mass is 10.0. The van der Waals surface area contributed by atoms with Gasteiger partial charge in [0.15, 0.2) is 0 Å². The number of ether oxygens (including phenoxy) is 1. The Labute approximate surface area is 133 Å². The molecule has 2 aromatic rings. The lowest BCUT2D eigenvalue weighted by molar-refractivity contribution is 0.0460. The molecule has 1 saturated heterocycles. The zero-order valence-corrected chi connectivity index (χ0v) is 13.5. The van der Waals surface area contributed by atoms with E-state index >= 15 is 0 Å². The van der Waals surface area contributed by atoms with Gasteiger partial charge in [-0.1, -0.05) is 60.7 Å². The van der Waals surface area contributed by atoms with Crippen molar-refractivity contribution in [1.29, 1.82) is 0 Å². The minimum absolute atomic E-state index is 0.192. The van der Waals surface area contributed by atoms with Crippen LogP contribution < -0.4 is 0 Å². The molecule has 1 aliphatic rings. The first-order valence-corrected chi connectivity index (χ1v) is 8.08. The molecule has 3 rings (SSSR count). The molecular formula is C20H25NO. The average molecular weight is 295 g/mol. The van der Waals surface area contributed by atoms with Crippen LogP contribution in [-0.4, -0.2) is 23.1 Å². The van der Waals surface area contributed by atoms with E-state index in [1.54, 1.807) is 0 Å². The Morgan fingerprint density at radius 1 is 0.955 bits per heavy atom. The Bertz CT molecular complexity index is 579. The third-order valence-electron chi connectivity index (χ3n) is 4.55. The summed E-state index contributed by atoms with van der Waals surface area (Å²) >= 11 is 0. The minimum atomic E-state index is 0.192. The van der Waals surface area contributed by atoms with E-state index in [0.29, 0.717) is 12.7 Å². The third-order valence-corrected chi connectivity index (χ3v) is 4.55. The Hall–Kier alpha value is -1.64. The van der Waals surface area contributed by atoms with E-state index in [4.69, 9.17) is 4.74 Å². The number of nitrogens with zero attached hydrogens (tertiary/aromatic N) is 1. The Kier molecular flexibility index (Phi) is 4.60. The van der Waals surface area contributed by atoms with Crippen molar-refractivity contribution in [3.63, 3.8) is 0 Å². The number of hydrogen-bond acceptors (Lipinski definition) is 2. The standard InChI is InChI=1S/C20H25NO/c1-20(2)13-19(22-16-18-11-7-4-8-12-18)15-21(20)14-17-9-5-3-6-10-17/h3-12,19H,13-16H2,1-2H3. The Balaban J connectivity index is 1.58. The lowest BCUT2D eigenvalue weighted by Crippen LogP contribution is -2.37. The summed E-state index contributed by atoms with van der Waals surface area (Å²) in [5.41, 5.74) is 2.82. The van der Waals surface area contributed by atoms with Gasteiger partial charge in [-0.15, -0.1) is 0 Å². The molecule has 2 heteroatoms. The van der Waals surface area contributed by atoms with E-state index in [9.17, 15) is 0 Å². The van der Waals surface area contributed by atoms with Gasteiger partial charge in [0.2, 0.25) is 0 Å². The molecule has 1 atom stereocenters. The van der Waals surface area contributed by atoms with E-state index in [-0.39, 0.29) is 5.54 Å². The summed E-state index contributed by atoms with van der Waals surface area (Å²) in [6.45, 7) is 7.36. The van der Waals surface area contributed by atoms with Gasteiger partial charge in [-0.2, -0.15) is 0 Å². The van der Waals surface area contributed by atoms with Crippen LogP contribution in [0.15, 0.2) is 60.7 Å². The van der Waals surface area contributed by atoms with Crippen LogP contribution in [0.2, 0.25) is 0 Å². The first-order valence-electron chi connectivity index (χ1n) is 8.08. The number of benzene rings is 2. The molecule has 0 aliphatic carbocycles. The predicted molar refractivity (Wildman–Crippen MR) is 90.6 cm³/mol. The van der Waals surface area contributed by atoms with Gasteiger partial charge in [-0.25, -0.2) is 0 Å². The van der Waals surface area contributed by atoms with Gasteiger partial charge in [0.1, 0.15) is 0 Å². The fraction of sp³-hybridized carbons (Fsp3) is 0.400. The van der Waals surface area contributed by atoms with Crippen LogP contribution in [-0.2, 0) is 17.9 Å². The first-order chi connectivity index (χ1) is 10.6. The van der Waals surface area contributed by atoms with Gasteiger partial charge in [-0.3, -0.25) is 4.90 Å². The van der Waals surface area contributed by atoms with Crippen molar-refractivity contribution in [2.75, 3.05) is 6.54 Å². The van der Waals surface area contributed by atoms with E-state index in [1.165, 1.54) is 11.1 Å². The SMILES string of the molecule is CC1(C)CC(OCc2ccccc2)CN1Cc1ccccc1. The van der Waals surface area contributed by atoms with Crippen LogP contribution in [0.1, 0.15) is 31.4 Å². The quantitative estimate of drug-likeness (QED) is 0.817. The molecule has 0 radical (unpaired) electrons. The highest BCUT2D eigenvalue weighted by Crippen LogP contribution is 2.32. The van der Waals surface area contributed by atoms with Crippen molar-refractivity contribution in [3.05, 3.63) is 71.8 Å². The van der Waals surface area contributed by atoms with Crippen LogP contribution in [0.3, 0.4) is 0 Å². The molecule has 1 unspecified atom stereocenters. The van der Waals surface area contributed by atoms with Gasteiger partial charge in [0, 0.05) is 18.6 Å². The van der Waals surface area contributed by atoms with Crippen LogP contribution >= 0.6 is 0 Å². The van der Waals surface area contributed by atoms with E-state index < -0.39 is 0 Å². The maximum absolute atomic E-state index is 6.15. The summed E-state index contributed by atoms with van der Waals surface area (Å²) in [6.07, 6.45) is 1.41. The molecule has 1 heterocycles. The molecule has 2 aromatic carbocycles. The molecule has 116 valence electrons. The van der Waals surface area contributed by atoms with Crippen molar-refractivity contribution >= 4 is 0 Å². The number of likely N-dealkylation sites (tertiary alicyclic amines) is 1. The fourth-order valence-electron chi connectivity index (χ4n) is 3.23. The maximum atomic E-state index is 6.15. The minimum Gasteiger partial charge on any atom is -0.372 e. The average Bonchev–Trinajstić information content (AvgIpc) is 2.81. The molecule has 0 bridgehead atoms. The van der Waals surface area contributed by atoms with Gasteiger partial charge in [0.05, 0.1) is 12.7 Å². The molecule has 1 fully saturated rings. The Morgan fingerprint density at radius 2 is 1.55 bits per heavy atom. The monoisotopic (exact) mass is 295 g/mol. The van der Waals surface area contributed by atoms with Gasteiger partial charge >= 0.3 is 0 Å². The zero-order chi connectivity index (χ0) is 15.4. The molecule has 0 saturated carbocycles. The smallest absolute Gasteiger partial charge is 0.0724 e. The molecule has 1 aliphatic heterocycles. The summed E-state index contributed by atoms with van der Waals surface area (Å²) in [4.78, 5) is 2.54. The highest BCUT2D eigenvalue weighted by atomic mass is 16.5. The van der Waals surface area contributed by atoms with Crippen molar-refractivity contribution in [3.8, 4) is 0 Å². The van der Waals surface area contributed by atoms with Crippen LogP contribution in [0.5, 0.6) is 0 Å². The lowest BCUT2D eigenvalue weighted by Gasteiger charge is -2.31. The summed E-state index contributed by atoms with van der Waals surface area (Å²) < 4.78 is 6.15. The van der Waals surface area contributed by atoms with E-state index in [2.05, 4.69) is 73.3 Å². The van der Waals surface area contributed by atoms with Crippen molar-refractivity contribution in [2.24, 2.45) is 0 Å². The molecular weight excluding hydrogens is 270 g/mol. The second kappa shape index (κ2) is 6.64. The van der Waals surface area contributed by atoms with Crippen LogP contribution in [0.25, 0.3) is 0 Å². The molecule has 0 N–H and O–H groups in total. The summed E-state index contributed by atoms with van der Waals surface area (Å²) in [5, 5.41) is 0. The maximum Gasteiger partial charge on any atom is 0.0724 e. The highest BCUT2D eigenvalue weighted by Gasteiger charge is 2.38. The molecule has 0 amide bonds. The van der Waals surface area contributed by atoms with Crippen LogP contribution in [0, 0.1) is 0 Å². The number of rotatable bonds is 5. The third kappa shape index (κ3) is 3.76. The van der Waals surface area contributed by atoms with E-state index in [0.717, 1.165) is 19.5 Å². The van der Waals surface area contributed by atoms with Crippen molar-refractivity contribution in [1.82, 2.24) is 4.90 Å². The van der Waals surface area contributed by atoms with Crippen molar-refractivity contribution < 1.29 is 4.74 Å². The van der Waals surface area contributed by atoms with Crippen molar-refractivity contribution in [2.45, 2.75) is 45.1 Å². The summed E-state index contributed by atoms with van der Waals surface area (Å²) in [7, 11) is 0. The molecule has 22 heavy (non-hydrogen) atoms. The van der Waals surface area contributed by atoms with Crippen LogP contribution in [0.4, 0.5) is 0 Å². The van der Waals surface area contributed by atoms with E-state index in [1.807, 2.05) is 6.07 Å². The Morgan fingerprint density at radius 3 is 2.18 bits per heavy atom. The van der Waals surface area contributed by atoms with Gasteiger partial charge < -0.3 is 4.74 Å². The van der Waals surface area contributed by atoms with Gasteiger partial charge in [0.25, 0.3) is 0 Å². The molecule has 2 nitrogen and oxygen atoms in total. The second-order valence-electron chi connectivity index (χ2n) is 6.80. The van der Waals surface area contributed by atoms with Gasteiger partial charge in [-0.05, 0) is 31.4 Å². The highest BCUT2D eigenvalue weighted by molar-refractivity contribution is 5.16. The molecule has 0 spiro atoms. The zero-order valence-electron chi connectivity index (χ0n) is 13.5. The topological polar surface area (TPSA) is 12.5 Å². The second-order valence-corrected chi connectivity index (χ2v) is 6.80. The molecule has 0 aromatic heterocycles. The fourth-order valence-corrected chi connectivity index (χ4v) is 3.23. The first kappa shape index (κ1) is 15.3. The predicted octanol–water partition coefficient (Wildman–Crippen LogP) is 4.26. The summed E-state index contributed by atoms with van der Waals surface area (Å²) in [6, 6.07) is 21.1. The largest absolute Gasteiger partial charge is 0.372 e. The number of hydrogen-bond donors (Lipinski definition) is 0. The normalized spacial score (nSPS) is 21.1.